The SMILES string of the molecule is CC/C=C\CC(CC)c1c(C)cc(OC)cc1C. The molecule has 0 amide bonds. The van der Waals surface area contributed by atoms with Gasteiger partial charge in [0.25, 0.3) is 0 Å². The van der Waals surface area contributed by atoms with Gasteiger partial charge in [-0.25, -0.2) is 0 Å². The Kier molecular flexibility index (Phi) is 5.97. The van der Waals surface area contributed by atoms with Crippen molar-refractivity contribution in [2.24, 2.45) is 0 Å². The van der Waals surface area contributed by atoms with Gasteiger partial charge in [0, 0.05) is 0 Å². The highest BCUT2D eigenvalue weighted by Gasteiger charge is 2.14. The molecule has 1 atom stereocenters. The molecule has 0 N–H and O–H groups in total. The molecule has 0 aromatic heterocycles. The summed E-state index contributed by atoms with van der Waals surface area (Å²) in [6.45, 7) is 8.84. The van der Waals surface area contributed by atoms with E-state index in [-0.39, 0.29) is 0 Å². The first-order valence-corrected chi connectivity index (χ1v) is 6.94. The van der Waals surface area contributed by atoms with Gasteiger partial charge in [-0.15, -0.1) is 0 Å². The summed E-state index contributed by atoms with van der Waals surface area (Å²) in [4.78, 5) is 0. The van der Waals surface area contributed by atoms with Crippen LogP contribution in [0.3, 0.4) is 0 Å². The predicted octanol–water partition coefficient (Wildman–Crippen LogP) is 5.16. The molecular formula is C17H26O. The van der Waals surface area contributed by atoms with Gasteiger partial charge in [-0.1, -0.05) is 26.0 Å². The molecule has 0 spiro atoms. The van der Waals surface area contributed by atoms with Gasteiger partial charge in [0.05, 0.1) is 7.11 Å². The molecule has 1 aromatic rings. The minimum atomic E-state index is 0.624. The highest BCUT2D eigenvalue weighted by atomic mass is 16.5. The number of hydrogen-bond donors (Lipinski definition) is 0. The van der Waals surface area contributed by atoms with E-state index in [1.54, 1.807) is 7.11 Å². The molecule has 0 saturated heterocycles. The Labute approximate surface area is 112 Å². The Morgan fingerprint density at radius 3 is 2.17 bits per heavy atom. The first kappa shape index (κ1) is 14.8. The summed E-state index contributed by atoms with van der Waals surface area (Å²) in [5.41, 5.74) is 4.20. The standard InChI is InChI=1S/C17H26O/c1-6-8-9-10-15(7-2)17-13(3)11-16(18-5)12-14(17)4/h8-9,11-12,15H,6-7,10H2,1-5H3/b9-8-. The Bertz CT molecular complexity index is 381. The van der Waals surface area contributed by atoms with Crippen molar-refractivity contribution >= 4 is 0 Å². The molecule has 1 rings (SSSR count). The predicted molar refractivity (Wildman–Crippen MR) is 79.5 cm³/mol. The highest BCUT2D eigenvalue weighted by molar-refractivity contribution is 5.43. The second-order valence-corrected chi connectivity index (χ2v) is 4.90. The van der Waals surface area contributed by atoms with Crippen molar-refractivity contribution in [1.82, 2.24) is 0 Å². The van der Waals surface area contributed by atoms with Gasteiger partial charge >= 0.3 is 0 Å². The summed E-state index contributed by atoms with van der Waals surface area (Å²) in [6, 6.07) is 4.29. The van der Waals surface area contributed by atoms with Crippen molar-refractivity contribution in [2.75, 3.05) is 7.11 Å². The lowest BCUT2D eigenvalue weighted by Gasteiger charge is -2.20. The third kappa shape index (κ3) is 3.63. The van der Waals surface area contributed by atoms with Crippen LogP contribution < -0.4 is 4.74 Å². The van der Waals surface area contributed by atoms with Crippen molar-refractivity contribution in [3.05, 3.63) is 41.0 Å². The first-order valence-electron chi connectivity index (χ1n) is 6.94. The second kappa shape index (κ2) is 7.25. The van der Waals surface area contributed by atoms with Crippen LogP contribution in [-0.2, 0) is 0 Å². The van der Waals surface area contributed by atoms with Crippen LogP contribution in [0.4, 0.5) is 0 Å². The van der Waals surface area contributed by atoms with E-state index in [0.29, 0.717) is 5.92 Å². The molecule has 0 bridgehead atoms. The molecule has 18 heavy (non-hydrogen) atoms. The van der Waals surface area contributed by atoms with E-state index in [1.807, 2.05) is 0 Å². The quantitative estimate of drug-likeness (QED) is 0.630. The van der Waals surface area contributed by atoms with Crippen molar-refractivity contribution in [2.45, 2.75) is 52.9 Å². The van der Waals surface area contributed by atoms with Crippen LogP contribution >= 0.6 is 0 Å². The van der Waals surface area contributed by atoms with Crippen LogP contribution in [0.5, 0.6) is 5.75 Å². The zero-order valence-corrected chi connectivity index (χ0v) is 12.4. The highest BCUT2D eigenvalue weighted by Crippen LogP contribution is 2.32. The molecule has 1 aromatic carbocycles. The Hall–Kier alpha value is -1.24. The number of ether oxygens (including phenoxy) is 1. The smallest absolute Gasteiger partial charge is 0.119 e. The number of hydrogen-bond acceptors (Lipinski definition) is 1. The lowest BCUT2D eigenvalue weighted by molar-refractivity contribution is 0.413. The Balaban J connectivity index is 3.01. The zero-order valence-electron chi connectivity index (χ0n) is 12.4. The fraction of sp³-hybridized carbons (Fsp3) is 0.529. The fourth-order valence-corrected chi connectivity index (χ4v) is 2.61. The summed E-state index contributed by atoms with van der Waals surface area (Å²) in [5, 5.41) is 0. The van der Waals surface area contributed by atoms with Gasteiger partial charge in [-0.3, -0.25) is 0 Å². The molecule has 0 radical (unpaired) electrons. The second-order valence-electron chi connectivity index (χ2n) is 4.90. The van der Waals surface area contributed by atoms with Gasteiger partial charge < -0.3 is 4.74 Å². The average molecular weight is 246 g/mol. The zero-order chi connectivity index (χ0) is 13.5. The average Bonchev–Trinajstić information content (AvgIpc) is 2.35. The third-order valence-corrected chi connectivity index (χ3v) is 3.53. The topological polar surface area (TPSA) is 9.23 Å². The molecule has 0 aliphatic heterocycles. The van der Waals surface area contributed by atoms with E-state index in [4.69, 9.17) is 4.74 Å². The molecule has 1 unspecified atom stereocenters. The molecule has 1 nitrogen and oxygen atoms in total. The van der Waals surface area contributed by atoms with Crippen molar-refractivity contribution in [1.29, 1.82) is 0 Å². The maximum Gasteiger partial charge on any atom is 0.119 e. The Morgan fingerprint density at radius 1 is 1.11 bits per heavy atom. The molecule has 0 saturated carbocycles. The van der Waals surface area contributed by atoms with Gasteiger partial charge in [0.15, 0.2) is 0 Å². The van der Waals surface area contributed by atoms with Crippen LogP contribution in [0.15, 0.2) is 24.3 Å². The van der Waals surface area contributed by atoms with E-state index in [1.165, 1.54) is 23.1 Å². The van der Waals surface area contributed by atoms with Crippen molar-refractivity contribution < 1.29 is 4.74 Å². The van der Waals surface area contributed by atoms with Gasteiger partial charge in [-0.05, 0) is 67.9 Å². The molecule has 0 aliphatic carbocycles. The van der Waals surface area contributed by atoms with E-state index in [2.05, 4.69) is 52.0 Å². The maximum atomic E-state index is 5.33. The normalized spacial score (nSPS) is 12.9. The number of allylic oxidation sites excluding steroid dienone is 2. The van der Waals surface area contributed by atoms with E-state index < -0.39 is 0 Å². The minimum absolute atomic E-state index is 0.624. The number of methoxy groups -OCH3 is 1. The molecule has 100 valence electrons. The summed E-state index contributed by atoms with van der Waals surface area (Å²) in [6.07, 6.45) is 8.02. The van der Waals surface area contributed by atoms with Crippen LogP contribution in [0.25, 0.3) is 0 Å². The Morgan fingerprint density at radius 2 is 1.72 bits per heavy atom. The van der Waals surface area contributed by atoms with E-state index in [0.717, 1.165) is 18.6 Å². The molecular weight excluding hydrogens is 220 g/mol. The molecule has 1 heteroatoms. The van der Waals surface area contributed by atoms with Gasteiger partial charge in [-0.2, -0.15) is 0 Å². The lowest BCUT2D eigenvalue weighted by atomic mass is 9.86. The van der Waals surface area contributed by atoms with Crippen molar-refractivity contribution in [3.63, 3.8) is 0 Å². The maximum absolute atomic E-state index is 5.33. The van der Waals surface area contributed by atoms with Gasteiger partial charge in [0.2, 0.25) is 0 Å². The van der Waals surface area contributed by atoms with Crippen LogP contribution in [-0.4, -0.2) is 7.11 Å². The number of aryl methyl sites for hydroxylation is 2. The van der Waals surface area contributed by atoms with Crippen LogP contribution in [0, 0.1) is 13.8 Å². The summed E-state index contributed by atoms with van der Waals surface area (Å²) >= 11 is 0. The molecule has 0 aliphatic rings. The van der Waals surface area contributed by atoms with E-state index >= 15 is 0 Å². The number of rotatable bonds is 6. The van der Waals surface area contributed by atoms with Crippen LogP contribution in [0.2, 0.25) is 0 Å². The first-order chi connectivity index (χ1) is 8.63. The monoisotopic (exact) mass is 246 g/mol. The van der Waals surface area contributed by atoms with E-state index in [9.17, 15) is 0 Å². The van der Waals surface area contributed by atoms with Crippen LogP contribution in [0.1, 0.15) is 55.7 Å². The summed E-state index contributed by atoms with van der Waals surface area (Å²) in [5.74, 6) is 1.59. The minimum Gasteiger partial charge on any atom is -0.497 e. The van der Waals surface area contributed by atoms with Crippen molar-refractivity contribution in [3.8, 4) is 5.75 Å². The molecule has 0 fully saturated rings. The fourth-order valence-electron chi connectivity index (χ4n) is 2.61. The third-order valence-electron chi connectivity index (χ3n) is 3.53. The number of benzene rings is 1. The molecule has 0 heterocycles. The van der Waals surface area contributed by atoms with Gasteiger partial charge in [0.1, 0.15) is 5.75 Å². The summed E-state index contributed by atoms with van der Waals surface area (Å²) < 4.78 is 5.33. The largest absolute Gasteiger partial charge is 0.497 e. The lowest BCUT2D eigenvalue weighted by Crippen LogP contribution is -2.03. The summed E-state index contributed by atoms with van der Waals surface area (Å²) in [7, 11) is 1.73.